The molecule has 42 heavy (non-hydrogen) atoms. The van der Waals surface area contributed by atoms with Gasteiger partial charge in [-0.15, -0.1) is 0 Å². The van der Waals surface area contributed by atoms with Gasteiger partial charge in [-0.3, -0.25) is 4.79 Å². The van der Waals surface area contributed by atoms with E-state index in [2.05, 4.69) is 0 Å². The van der Waals surface area contributed by atoms with Gasteiger partial charge < -0.3 is 69.3 Å². The summed E-state index contributed by atoms with van der Waals surface area (Å²) in [4.78, 5) is 13.6. The summed E-state index contributed by atoms with van der Waals surface area (Å²) in [6, 6.07) is 5.52. The van der Waals surface area contributed by atoms with Crippen LogP contribution in [0.2, 0.25) is 0 Å². The topological polar surface area (TPSA) is 249 Å². The van der Waals surface area contributed by atoms with Crippen molar-refractivity contribution in [3.63, 3.8) is 0 Å². The van der Waals surface area contributed by atoms with Crippen LogP contribution in [0.3, 0.4) is 0 Å². The van der Waals surface area contributed by atoms with Crippen LogP contribution in [0.25, 0.3) is 22.3 Å². The Balaban J connectivity index is 1.60. The standard InChI is InChI=1S/C27H30O15/c1-8-17(31)20(34)22(36)26(38-8)41-14-5-10(3-4-12(14)29)24-25(42-27-23(37)21(35)18(32)9(2)39-27)19(33)16-13(30)6-11(28)7-15(16)40-24/h3-9,17-18,20-23,26-32,34-37H,1-2H3/t8-,9-,17-,18-,20+,21+,22+,23+,26-,27+/m0/s1. The largest absolute Gasteiger partial charge is 0.508 e. The van der Waals surface area contributed by atoms with Gasteiger partial charge >= 0.3 is 0 Å². The molecule has 2 fully saturated rings. The summed E-state index contributed by atoms with van der Waals surface area (Å²) >= 11 is 0. The van der Waals surface area contributed by atoms with Gasteiger partial charge in [-0.1, -0.05) is 0 Å². The Labute approximate surface area is 236 Å². The maximum atomic E-state index is 13.6. The SMILES string of the molecule is C[C@@H]1O[C@@H](Oc2cc(-c3oc4cc(O)cc(O)c4c(=O)c3O[C@H]3O[C@@H](C)[C@H](O)[C@@H](O)[C@H]3O)ccc2O)[C@H](O)[C@H](O)[C@H]1O. The normalized spacial score (nSPS) is 33.4. The quantitative estimate of drug-likeness (QED) is 0.172. The minimum absolute atomic E-state index is 0.00232. The average molecular weight is 595 g/mol. The highest BCUT2D eigenvalue weighted by Gasteiger charge is 2.45. The molecular weight excluding hydrogens is 564 g/mol. The van der Waals surface area contributed by atoms with Crippen molar-refractivity contribution in [2.75, 3.05) is 0 Å². The maximum Gasteiger partial charge on any atom is 0.239 e. The van der Waals surface area contributed by atoms with E-state index in [1.807, 2.05) is 0 Å². The van der Waals surface area contributed by atoms with Crippen LogP contribution in [0.4, 0.5) is 0 Å². The summed E-state index contributed by atoms with van der Waals surface area (Å²) in [6.07, 6.45) is -14.9. The number of fused-ring (bicyclic) bond motifs is 1. The van der Waals surface area contributed by atoms with E-state index >= 15 is 0 Å². The third-order valence-electron chi connectivity index (χ3n) is 7.23. The number of hydrogen-bond acceptors (Lipinski definition) is 15. The zero-order valence-electron chi connectivity index (χ0n) is 22.1. The molecule has 15 nitrogen and oxygen atoms in total. The first-order valence-electron chi connectivity index (χ1n) is 12.9. The van der Waals surface area contributed by atoms with Gasteiger partial charge in [0, 0.05) is 17.7 Å². The van der Waals surface area contributed by atoms with Gasteiger partial charge in [-0.05, 0) is 32.0 Å². The minimum atomic E-state index is -1.82. The van der Waals surface area contributed by atoms with Crippen molar-refractivity contribution in [3.8, 4) is 40.1 Å². The number of hydrogen-bond donors (Lipinski definition) is 9. The first-order chi connectivity index (χ1) is 19.8. The lowest BCUT2D eigenvalue weighted by atomic mass is 10.00. The van der Waals surface area contributed by atoms with Gasteiger partial charge in [0.1, 0.15) is 59.1 Å². The molecule has 2 aromatic carbocycles. The van der Waals surface area contributed by atoms with Gasteiger partial charge in [-0.2, -0.15) is 0 Å². The molecule has 2 saturated heterocycles. The smallest absolute Gasteiger partial charge is 0.239 e. The second-order valence-electron chi connectivity index (χ2n) is 10.2. The molecule has 2 aliphatic heterocycles. The summed E-state index contributed by atoms with van der Waals surface area (Å²) in [6.45, 7) is 2.83. The van der Waals surface area contributed by atoms with Crippen LogP contribution in [-0.4, -0.2) is 107 Å². The highest BCUT2D eigenvalue weighted by molar-refractivity contribution is 5.88. The van der Waals surface area contributed by atoms with E-state index in [-0.39, 0.29) is 22.7 Å². The molecule has 228 valence electrons. The van der Waals surface area contributed by atoms with Crippen LogP contribution in [0, 0.1) is 0 Å². The van der Waals surface area contributed by atoms with Gasteiger partial charge in [0.15, 0.2) is 17.3 Å². The first-order valence-corrected chi connectivity index (χ1v) is 12.9. The van der Waals surface area contributed by atoms with Crippen LogP contribution in [0.5, 0.6) is 28.7 Å². The van der Waals surface area contributed by atoms with Gasteiger partial charge in [0.2, 0.25) is 23.8 Å². The fourth-order valence-corrected chi connectivity index (χ4v) is 4.78. The van der Waals surface area contributed by atoms with Crippen molar-refractivity contribution in [2.45, 2.75) is 75.3 Å². The minimum Gasteiger partial charge on any atom is -0.508 e. The Bertz CT molecular complexity index is 1520. The third-order valence-corrected chi connectivity index (χ3v) is 7.23. The monoisotopic (exact) mass is 594 g/mol. The predicted molar refractivity (Wildman–Crippen MR) is 139 cm³/mol. The van der Waals surface area contributed by atoms with Gasteiger partial charge in [0.25, 0.3) is 0 Å². The number of ether oxygens (including phenoxy) is 4. The van der Waals surface area contributed by atoms with Crippen molar-refractivity contribution in [1.82, 2.24) is 0 Å². The molecule has 0 spiro atoms. The number of aliphatic hydroxyl groups excluding tert-OH is 6. The van der Waals surface area contributed by atoms with E-state index < -0.39 is 95.2 Å². The molecule has 5 rings (SSSR count). The number of benzene rings is 2. The highest BCUT2D eigenvalue weighted by atomic mass is 16.7. The Morgan fingerprint density at radius 3 is 1.86 bits per heavy atom. The van der Waals surface area contributed by atoms with E-state index in [0.717, 1.165) is 24.3 Å². The fraction of sp³-hybridized carbons (Fsp3) is 0.444. The second-order valence-corrected chi connectivity index (χ2v) is 10.2. The first kappa shape index (κ1) is 29.8. The van der Waals surface area contributed by atoms with Gasteiger partial charge in [0.05, 0.1) is 12.2 Å². The number of phenolic OH excluding ortho intramolecular Hbond substituents is 3. The number of rotatable bonds is 5. The molecular formula is C27H30O15. The summed E-state index contributed by atoms with van der Waals surface area (Å²) in [5.41, 5.74) is -1.25. The Kier molecular flexibility index (Phi) is 7.95. The molecule has 0 radical (unpaired) electrons. The Hall–Kier alpha value is -3.67. The van der Waals surface area contributed by atoms with Crippen LogP contribution in [-0.2, 0) is 9.47 Å². The van der Waals surface area contributed by atoms with Crippen molar-refractivity contribution in [2.24, 2.45) is 0 Å². The molecule has 0 amide bonds. The van der Waals surface area contributed by atoms with Crippen LogP contribution < -0.4 is 14.9 Å². The van der Waals surface area contributed by atoms with E-state index in [1.54, 1.807) is 0 Å². The molecule has 3 aromatic rings. The molecule has 15 heteroatoms. The number of aliphatic hydroxyl groups is 6. The Morgan fingerprint density at radius 2 is 1.26 bits per heavy atom. The molecule has 9 N–H and O–H groups in total. The zero-order valence-corrected chi connectivity index (χ0v) is 22.1. The summed E-state index contributed by atoms with van der Waals surface area (Å²) in [7, 11) is 0. The van der Waals surface area contributed by atoms with Crippen LogP contribution in [0.15, 0.2) is 39.5 Å². The predicted octanol–water partition coefficient (Wildman–Crippen LogP) is -1.01. The second kappa shape index (κ2) is 11.2. The molecule has 2 aliphatic rings. The van der Waals surface area contributed by atoms with E-state index in [4.69, 9.17) is 23.4 Å². The third kappa shape index (κ3) is 5.21. The molecule has 1 aromatic heterocycles. The van der Waals surface area contributed by atoms with E-state index in [0.29, 0.717) is 0 Å². The van der Waals surface area contributed by atoms with Crippen molar-refractivity contribution in [1.29, 1.82) is 0 Å². The molecule has 0 saturated carbocycles. The van der Waals surface area contributed by atoms with Crippen LogP contribution >= 0.6 is 0 Å². The van der Waals surface area contributed by atoms with Crippen molar-refractivity contribution < 1.29 is 69.3 Å². The molecule has 10 atom stereocenters. The van der Waals surface area contributed by atoms with E-state index in [1.165, 1.54) is 19.9 Å². The Morgan fingerprint density at radius 1 is 0.690 bits per heavy atom. The van der Waals surface area contributed by atoms with Crippen LogP contribution in [0.1, 0.15) is 13.8 Å². The molecule has 3 heterocycles. The lowest BCUT2D eigenvalue weighted by Crippen LogP contribution is -2.58. The maximum absolute atomic E-state index is 13.6. The van der Waals surface area contributed by atoms with Crippen molar-refractivity contribution >= 4 is 11.0 Å². The van der Waals surface area contributed by atoms with Crippen molar-refractivity contribution in [3.05, 3.63) is 40.6 Å². The highest BCUT2D eigenvalue weighted by Crippen LogP contribution is 2.40. The van der Waals surface area contributed by atoms with E-state index in [9.17, 15) is 50.8 Å². The zero-order chi connectivity index (χ0) is 30.6. The average Bonchev–Trinajstić information content (AvgIpc) is 2.94. The number of phenols is 3. The molecule has 0 bridgehead atoms. The summed E-state index contributed by atoms with van der Waals surface area (Å²) in [5.74, 6) is -2.85. The lowest BCUT2D eigenvalue weighted by molar-refractivity contribution is -0.268. The molecule has 0 unspecified atom stereocenters. The summed E-state index contributed by atoms with van der Waals surface area (Å²) in [5, 5.41) is 91.6. The van der Waals surface area contributed by atoms with Gasteiger partial charge in [-0.25, -0.2) is 0 Å². The lowest BCUT2D eigenvalue weighted by Gasteiger charge is -2.39. The molecule has 0 aliphatic carbocycles. The number of aromatic hydroxyl groups is 3. The fourth-order valence-electron chi connectivity index (χ4n) is 4.78. The summed E-state index contributed by atoms with van der Waals surface area (Å²) < 4.78 is 28.0.